The van der Waals surface area contributed by atoms with Gasteiger partial charge in [0.05, 0.1) is 5.69 Å². The third-order valence-corrected chi connectivity index (χ3v) is 5.42. The first-order chi connectivity index (χ1) is 13.2. The molecule has 2 aliphatic rings. The smallest absolute Gasteiger partial charge is 0.414 e. The third kappa shape index (κ3) is 5.40. The minimum Gasteiger partial charge on any atom is -0.443 e. The molecule has 0 radical (unpaired) electrons. The van der Waals surface area contributed by atoms with E-state index in [-0.39, 0.29) is 18.2 Å². The molecule has 1 aromatic carbocycles. The Labute approximate surface area is 168 Å². The van der Waals surface area contributed by atoms with Crippen molar-refractivity contribution in [2.24, 2.45) is 5.92 Å². The van der Waals surface area contributed by atoms with Crippen LogP contribution >= 0.6 is 0 Å². The minimum absolute atomic E-state index is 0.153. The average molecular weight is 388 g/mol. The quantitative estimate of drug-likeness (QED) is 0.744. The highest BCUT2D eigenvalue weighted by Crippen LogP contribution is 2.31. The Bertz CT molecular complexity index is 718. The number of carbonyl (C=O) groups is 2. The molecular weight excluding hydrogens is 354 g/mol. The molecule has 1 heterocycles. The normalized spacial score (nSPS) is 22.2. The minimum atomic E-state index is -0.523. The molecule has 28 heavy (non-hydrogen) atoms. The molecule has 0 bridgehead atoms. The SMILES string of the molecule is CC1CCC(NC(=O)Nc2ccc3c(c2)CCCN3C(=O)OC(C)(C)C)CC1. The zero-order valence-corrected chi connectivity index (χ0v) is 17.5. The number of aryl methyl sites for hydroxylation is 1. The summed E-state index contributed by atoms with van der Waals surface area (Å²) in [4.78, 5) is 26.6. The van der Waals surface area contributed by atoms with Crippen molar-refractivity contribution < 1.29 is 14.3 Å². The van der Waals surface area contributed by atoms with E-state index >= 15 is 0 Å². The van der Waals surface area contributed by atoms with Crippen molar-refractivity contribution in [1.29, 1.82) is 0 Å². The van der Waals surface area contributed by atoms with Crippen LogP contribution in [0.3, 0.4) is 0 Å². The lowest BCUT2D eigenvalue weighted by atomic mass is 9.87. The number of hydrogen-bond donors (Lipinski definition) is 2. The van der Waals surface area contributed by atoms with Crippen molar-refractivity contribution >= 4 is 23.5 Å². The number of hydrogen-bond acceptors (Lipinski definition) is 3. The van der Waals surface area contributed by atoms with Crippen molar-refractivity contribution in [3.05, 3.63) is 23.8 Å². The van der Waals surface area contributed by atoms with Gasteiger partial charge in [0, 0.05) is 18.3 Å². The van der Waals surface area contributed by atoms with Gasteiger partial charge in [0.25, 0.3) is 0 Å². The number of ether oxygens (including phenoxy) is 1. The highest BCUT2D eigenvalue weighted by Gasteiger charge is 2.27. The van der Waals surface area contributed by atoms with E-state index in [9.17, 15) is 9.59 Å². The molecule has 154 valence electrons. The molecule has 1 aliphatic carbocycles. The Hall–Kier alpha value is -2.24. The molecule has 1 aromatic rings. The number of nitrogens with zero attached hydrogens (tertiary/aromatic N) is 1. The van der Waals surface area contributed by atoms with Gasteiger partial charge in [-0.2, -0.15) is 0 Å². The lowest BCUT2D eigenvalue weighted by molar-refractivity contribution is 0.0578. The van der Waals surface area contributed by atoms with Crippen LogP contribution in [0.15, 0.2) is 18.2 Å². The second-order valence-corrected chi connectivity index (χ2v) is 9.13. The number of rotatable bonds is 2. The van der Waals surface area contributed by atoms with Crippen LogP contribution in [0.25, 0.3) is 0 Å². The van der Waals surface area contributed by atoms with E-state index < -0.39 is 5.60 Å². The number of carbonyl (C=O) groups excluding carboxylic acids is 2. The Balaban J connectivity index is 1.62. The lowest BCUT2D eigenvalue weighted by Crippen LogP contribution is -2.40. The largest absolute Gasteiger partial charge is 0.443 e. The molecule has 2 N–H and O–H groups in total. The summed E-state index contributed by atoms with van der Waals surface area (Å²) in [6.45, 7) is 8.52. The van der Waals surface area contributed by atoms with E-state index in [1.54, 1.807) is 4.90 Å². The summed E-state index contributed by atoms with van der Waals surface area (Å²) in [5, 5.41) is 6.03. The highest BCUT2D eigenvalue weighted by atomic mass is 16.6. The van der Waals surface area contributed by atoms with Gasteiger partial charge < -0.3 is 15.4 Å². The van der Waals surface area contributed by atoms with Gasteiger partial charge in [-0.1, -0.05) is 6.92 Å². The van der Waals surface area contributed by atoms with Crippen LogP contribution in [0, 0.1) is 5.92 Å². The molecule has 1 saturated carbocycles. The molecule has 1 fully saturated rings. The summed E-state index contributed by atoms with van der Waals surface area (Å²) in [6, 6.07) is 5.82. The summed E-state index contributed by atoms with van der Waals surface area (Å²) in [5.74, 6) is 0.759. The fourth-order valence-electron chi connectivity index (χ4n) is 3.94. The van der Waals surface area contributed by atoms with Gasteiger partial charge in [-0.3, -0.25) is 4.90 Å². The first-order valence-corrected chi connectivity index (χ1v) is 10.4. The van der Waals surface area contributed by atoms with Crippen molar-refractivity contribution in [2.75, 3.05) is 16.8 Å². The van der Waals surface area contributed by atoms with E-state index in [0.717, 1.165) is 48.5 Å². The predicted molar refractivity (Wildman–Crippen MR) is 112 cm³/mol. The predicted octanol–water partition coefficient (Wildman–Crippen LogP) is 5.07. The monoisotopic (exact) mass is 387 g/mol. The number of amides is 3. The summed E-state index contributed by atoms with van der Waals surface area (Å²) >= 11 is 0. The fraction of sp³-hybridized carbons (Fsp3) is 0.636. The van der Waals surface area contributed by atoms with Crippen LogP contribution in [0.4, 0.5) is 21.0 Å². The maximum Gasteiger partial charge on any atom is 0.414 e. The molecule has 1 aliphatic heterocycles. The van der Waals surface area contributed by atoms with Crippen LogP contribution in [-0.2, 0) is 11.2 Å². The summed E-state index contributed by atoms with van der Waals surface area (Å²) in [7, 11) is 0. The average Bonchev–Trinajstić information content (AvgIpc) is 2.61. The molecule has 3 amide bonds. The molecule has 0 unspecified atom stereocenters. The van der Waals surface area contributed by atoms with Gasteiger partial charge in [-0.05, 0) is 89.0 Å². The molecule has 0 spiro atoms. The summed E-state index contributed by atoms with van der Waals surface area (Å²) < 4.78 is 5.53. The Morgan fingerprint density at radius 3 is 2.54 bits per heavy atom. The van der Waals surface area contributed by atoms with Gasteiger partial charge in [-0.25, -0.2) is 9.59 Å². The van der Waals surface area contributed by atoms with Gasteiger partial charge >= 0.3 is 12.1 Å². The summed E-state index contributed by atoms with van der Waals surface area (Å²) in [5.41, 5.74) is 2.16. The standard InChI is InChI=1S/C22H33N3O3/c1-15-7-9-17(10-8-15)23-20(26)24-18-11-12-19-16(14-18)6-5-13-25(19)21(27)28-22(2,3)4/h11-12,14-15,17H,5-10,13H2,1-4H3,(H2,23,24,26). The second kappa shape index (κ2) is 8.41. The fourth-order valence-corrected chi connectivity index (χ4v) is 3.94. The van der Waals surface area contributed by atoms with Crippen LogP contribution in [0.1, 0.15) is 65.4 Å². The molecule has 0 atom stereocenters. The van der Waals surface area contributed by atoms with Crippen LogP contribution in [-0.4, -0.2) is 30.3 Å². The van der Waals surface area contributed by atoms with Crippen LogP contribution < -0.4 is 15.5 Å². The van der Waals surface area contributed by atoms with Crippen molar-refractivity contribution in [2.45, 2.75) is 77.9 Å². The summed E-state index contributed by atoms with van der Waals surface area (Å²) in [6.07, 6.45) is 5.87. The van der Waals surface area contributed by atoms with Crippen molar-refractivity contribution in [3.63, 3.8) is 0 Å². The van der Waals surface area contributed by atoms with E-state index in [1.165, 1.54) is 12.8 Å². The zero-order chi connectivity index (χ0) is 20.3. The van der Waals surface area contributed by atoms with E-state index in [2.05, 4.69) is 17.6 Å². The first-order valence-electron chi connectivity index (χ1n) is 10.4. The number of benzene rings is 1. The molecule has 6 nitrogen and oxygen atoms in total. The number of fused-ring (bicyclic) bond motifs is 1. The van der Waals surface area contributed by atoms with Gasteiger partial charge in [0.1, 0.15) is 5.60 Å². The Kier molecular flexibility index (Phi) is 6.16. The Morgan fingerprint density at radius 1 is 1.14 bits per heavy atom. The van der Waals surface area contributed by atoms with E-state index in [0.29, 0.717) is 6.54 Å². The molecule has 6 heteroatoms. The Morgan fingerprint density at radius 2 is 1.86 bits per heavy atom. The van der Waals surface area contributed by atoms with Crippen molar-refractivity contribution in [1.82, 2.24) is 5.32 Å². The molecule has 0 aromatic heterocycles. The maximum absolute atomic E-state index is 12.5. The van der Waals surface area contributed by atoms with Crippen LogP contribution in [0.2, 0.25) is 0 Å². The van der Waals surface area contributed by atoms with Crippen molar-refractivity contribution in [3.8, 4) is 0 Å². The van der Waals surface area contributed by atoms with Gasteiger partial charge in [-0.15, -0.1) is 0 Å². The third-order valence-electron chi connectivity index (χ3n) is 5.42. The van der Waals surface area contributed by atoms with E-state index in [1.807, 2.05) is 39.0 Å². The molecule has 0 saturated heterocycles. The lowest BCUT2D eigenvalue weighted by Gasteiger charge is -2.32. The maximum atomic E-state index is 12.5. The van der Waals surface area contributed by atoms with Gasteiger partial charge in [0.2, 0.25) is 0 Å². The molecule has 3 rings (SSSR count). The number of anilines is 2. The van der Waals surface area contributed by atoms with Gasteiger partial charge in [0.15, 0.2) is 0 Å². The van der Waals surface area contributed by atoms with Crippen LogP contribution in [0.5, 0.6) is 0 Å². The second-order valence-electron chi connectivity index (χ2n) is 9.13. The first kappa shape index (κ1) is 20.5. The number of nitrogens with one attached hydrogen (secondary N) is 2. The zero-order valence-electron chi connectivity index (χ0n) is 17.5. The highest BCUT2D eigenvalue weighted by molar-refractivity contribution is 5.92. The number of urea groups is 1. The molecular formula is C22H33N3O3. The topological polar surface area (TPSA) is 70.7 Å². The van der Waals surface area contributed by atoms with E-state index in [4.69, 9.17) is 4.74 Å².